The molecule has 26 heavy (non-hydrogen) atoms. The van der Waals surface area contributed by atoms with Gasteiger partial charge in [-0.05, 0) is 44.7 Å². The summed E-state index contributed by atoms with van der Waals surface area (Å²) in [6.07, 6.45) is 6.14. The zero-order chi connectivity index (χ0) is 17.8. The lowest BCUT2D eigenvalue weighted by Crippen LogP contribution is -2.35. The molecule has 1 atom stereocenters. The van der Waals surface area contributed by atoms with Gasteiger partial charge in [0.2, 0.25) is 0 Å². The van der Waals surface area contributed by atoms with Crippen LogP contribution in [0.5, 0.6) is 5.75 Å². The van der Waals surface area contributed by atoms with Crippen molar-refractivity contribution in [2.24, 2.45) is 5.92 Å². The van der Waals surface area contributed by atoms with Crippen LogP contribution in [-0.4, -0.2) is 21.3 Å². The number of hydrogen-bond donors (Lipinski definition) is 1. The first-order chi connectivity index (χ1) is 12.6. The molecule has 3 aromatic rings. The summed E-state index contributed by atoms with van der Waals surface area (Å²) in [4.78, 5) is 15.8. The third-order valence-corrected chi connectivity index (χ3v) is 6.06. The van der Waals surface area contributed by atoms with Crippen molar-refractivity contribution in [2.75, 3.05) is 6.61 Å². The van der Waals surface area contributed by atoms with Crippen LogP contribution < -0.4 is 10.4 Å². The largest absolute Gasteiger partial charge is 0.488 e. The molecule has 1 aromatic carbocycles. The summed E-state index contributed by atoms with van der Waals surface area (Å²) in [5, 5.41) is 4.08. The quantitative estimate of drug-likeness (QED) is 0.752. The average molecular weight is 353 g/mol. The van der Waals surface area contributed by atoms with E-state index in [9.17, 15) is 4.79 Å². The van der Waals surface area contributed by atoms with E-state index in [-0.39, 0.29) is 11.7 Å². The molecule has 5 rings (SSSR count). The minimum absolute atomic E-state index is 0.0314. The average Bonchev–Trinajstić information content (AvgIpc) is 3.17. The molecule has 6 heteroatoms. The number of imidazole rings is 1. The molecule has 1 saturated carbocycles. The second kappa shape index (κ2) is 5.76. The first-order valence-corrected chi connectivity index (χ1v) is 9.48. The number of aromatic nitrogens is 3. The van der Waals surface area contributed by atoms with Gasteiger partial charge < -0.3 is 14.2 Å². The van der Waals surface area contributed by atoms with Gasteiger partial charge in [-0.1, -0.05) is 24.4 Å². The first-order valence-electron chi connectivity index (χ1n) is 9.48. The van der Waals surface area contributed by atoms with Crippen LogP contribution in [0.4, 0.5) is 0 Å². The molecule has 2 aromatic heterocycles. The Kier molecular flexibility index (Phi) is 3.48. The van der Waals surface area contributed by atoms with Crippen molar-refractivity contribution in [1.82, 2.24) is 14.7 Å². The van der Waals surface area contributed by atoms with Gasteiger partial charge in [-0.25, -0.2) is 4.79 Å². The van der Waals surface area contributed by atoms with E-state index in [2.05, 4.69) is 10.1 Å². The summed E-state index contributed by atoms with van der Waals surface area (Å²) in [6.45, 7) is 4.38. The number of H-pyrrole nitrogens is 1. The highest BCUT2D eigenvalue weighted by molar-refractivity contribution is 5.92. The van der Waals surface area contributed by atoms with Crippen LogP contribution in [0, 0.1) is 19.8 Å². The molecular formula is C20H23N3O3. The van der Waals surface area contributed by atoms with Crippen molar-refractivity contribution in [2.45, 2.75) is 52.0 Å². The molecule has 3 heterocycles. The van der Waals surface area contributed by atoms with E-state index < -0.39 is 0 Å². The van der Waals surface area contributed by atoms with Gasteiger partial charge in [0.15, 0.2) is 5.75 Å². The maximum absolute atomic E-state index is 12.8. The lowest BCUT2D eigenvalue weighted by molar-refractivity contribution is 0.155. The molecule has 0 amide bonds. The molecule has 0 spiro atoms. The Bertz CT molecular complexity index is 1020. The molecule has 0 radical (unpaired) electrons. The predicted molar refractivity (Wildman–Crippen MR) is 98.6 cm³/mol. The third-order valence-electron chi connectivity index (χ3n) is 6.06. The fraction of sp³-hybridized carbons (Fsp3) is 0.500. The van der Waals surface area contributed by atoms with Gasteiger partial charge in [0.25, 0.3) is 0 Å². The van der Waals surface area contributed by atoms with Gasteiger partial charge in [-0.2, -0.15) is 0 Å². The Morgan fingerprint density at radius 2 is 2.00 bits per heavy atom. The van der Waals surface area contributed by atoms with Crippen LogP contribution in [-0.2, 0) is 0 Å². The van der Waals surface area contributed by atoms with E-state index in [1.54, 1.807) is 0 Å². The maximum atomic E-state index is 12.8. The normalized spacial score (nSPS) is 20.5. The van der Waals surface area contributed by atoms with Gasteiger partial charge in [0.05, 0.1) is 22.8 Å². The van der Waals surface area contributed by atoms with Gasteiger partial charge in [-0.15, -0.1) is 0 Å². The smallest absolute Gasteiger partial charge is 0.326 e. The molecule has 1 unspecified atom stereocenters. The molecule has 1 aliphatic heterocycles. The number of ether oxygens (including phenoxy) is 1. The molecule has 6 nitrogen and oxygen atoms in total. The lowest BCUT2D eigenvalue weighted by atomic mass is 9.83. The van der Waals surface area contributed by atoms with Crippen molar-refractivity contribution in [3.8, 4) is 16.9 Å². The molecule has 2 aliphatic rings. The second-order valence-corrected chi connectivity index (χ2v) is 7.61. The minimum Gasteiger partial charge on any atom is -0.488 e. The Morgan fingerprint density at radius 1 is 1.19 bits per heavy atom. The summed E-state index contributed by atoms with van der Waals surface area (Å²) in [7, 11) is 0. The number of aromatic amines is 1. The maximum Gasteiger partial charge on any atom is 0.326 e. The lowest BCUT2D eigenvalue weighted by Gasteiger charge is -2.34. The zero-order valence-corrected chi connectivity index (χ0v) is 15.2. The Hall–Kier alpha value is -2.50. The van der Waals surface area contributed by atoms with Crippen molar-refractivity contribution >= 4 is 11.0 Å². The van der Waals surface area contributed by atoms with Gasteiger partial charge in [-0.3, -0.25) is 4.57 Å². The summed E-state index contributed by atoms with van der Waals surface area (Å²) < 4.78 is 13.6. The molecule has 0 bridgehead atoms. The van der Waals surface area contributed by atoms with Gasteiger partial charge in [0.1, 0.15) is 17.9 Å². The SMILES string of the molecule is Cc1noc(C)c1-c1ccc2[nH]c(=O)n3c2c1OCC3C1CCCCC1. The van der Waals surface area contributed by atoms with Crippen LogP contribution in [0.15, 0.2) is 21.5 Å². The summed E-state index contributed by atoms with van der Waals surface area (Å²) in [5.41, 5.74) is 4.42. The Balaban J connectivity index is 1.72. The van der Waals surface area contributed by atoms with Crippen molar-refractivity contribution in [3.63, 3.8) is 0 Å². The number of aryl methyl sites for hydroxylation is 2. The molecule has 1 fully saturated rings. The van der Waals surface area contributed by atoms with E-state index >= 15 is 0 Å². The topological polar surface area (TPSA) is 73.0 Å². The fourth-order valence-corrected chi connectivity index (χ4v) is 4.82. The van der Waals surface area contributed by atoms with Crippen molar-refractivity contribution in [3.05, 3.63) is 34.1 Å². The van der Waals surface area contributed by atoms with Crippen molar-refractivity contribution in [1.29, 1.82) is 0 Å². The summed E-state index contributed by atoms with van der Waals surface area (Å²) in [5.74, 6) is 2.04. The van der Waals surface area contributed by atoms with E-state index in [0.717, 1.165) is 39.4 Å². The minimum atomic E-state index is -0.0314. The van der Waals surface area contributed by atoms with E-state index in [1.807, 2.05) is 30.5 Å². The van der Waals surface area contributed by atoms with E-state index in [0.29, 0.717) is 12.5 Å². The summed E-state index contributed by atoms with van der Waals surface area (Å²) >= 11 is 0. The third kappa shape index (κ3) is 2.17. The number of benzene rings is 1. The molecule has 1 aliphatic carbocycles. The predicted octanol–water partition coefficient (Wildman–Crippen LogP) is 4.12. The standard InChI is InChI=1S/C20H23N3O3/c1-11-17(12(2)26-22-11)14-8-9-15-18-19(14)25-10-16(23(18)20(24)21-15)13-6-4-3-5-7-13/h8-9,13,16H,3-7,10H2,1-2H3,(H,21,24). The highest BCUT2D eigenvalue weighted by Crippen LogP contribution is 2.44. The zero-order valence-electron chi connectivity index (χ0n) is 15.2. The first kappa shape index (κ1) is 15.7. The van der Waals surface area contributed by atoms with E-state index in [4.69, 9.17) is 9.26 Å². The van der Waals surface area contributed by atoms with Crippen LogP contribution >= 0.6 is 0 Å². The molecular weight excluding hydrogens is 330 g/mol. The molecule has 1 N–H and O–H groups in total. The Labute approximate surface area is 151 Å². The van der Waals surface area contributed by atoms with Gasteiger partial charge >= 0.3 is 5.69 Å². The number of hydrogen-bond acceptors (Lipinski definition) is 4. The van der Waals surface area contributed by atoms with Gasteiger partial charge in [0, 0.05) is 5.56 Å². The molecule has 136 valence electrons. The number of nitrogens with zero attached hydrogens (tertiary/aromatic N) is 2. The van der Waals surface area contributed by atoms with E-state index in [1.165, 1.54) is 32.1 Å². The Morgan fingerprint density at radius 3 is 2.73 bits per heavy atom. The fourth-order valence-electron chi connectivity index (χ4n) is 4.82. The monoisotopic (exact) mass is 353 g/mol. The van der Waals surface area contributed by atoms with Crippen LogP contribution in [0.1, 0.15) is 49.6 Å². The molecule has 0 saturated heterocycles. The number of rotatable bonds is 2. The highest BCUT2D eigenvalue weighted by Gasteiger charge is 2.34. The second-order valence-electron chi connectivity index (χ2n) is 7.61. The van der Waals surface area contributed by atoms with Crippen molar-refractivity contribution < 1.29 is 9.26 Å². The highest BCUT2D eigenvalue weighted by atomic mass is 16.5. The summed E-state index contributed by atoms with van der Waals surface area (Å²) in [6, 6.07) is 4.07. The van der Waals surface area contributed by atoms with Crippen LogP contribution in [0.3, 0.4) is 0 Å². The van der Waals surface area contributed by atoms with Crippen LogP contribution in [0.25, 0.3) is 22.2 Å². The van der Waals surface area contributed by atoms with Crippen LogP contribution in [0.2, 0.25) is 0 Å². The number of nitrogens with one attached hydrogen (secondary N) is 1.